The van der Waals surface area contributed by atoms with Gasteiger partial charge in [0.05, 0.1) is 0 Å². The summed E-state index contributed by atoms with van der Waals surface area (Å²) in [6.45, 7) is 2.21. The molecule has 1 aromatic heterocycles. The Labute approximate surface area is 235 Å². The van der Waals surface area contributed by atoms with E-state index in [1.807, 2.05) is 79.7 Å². The zero-order valence-electron chi connectivity index (χ0n) is 22.2. The molecule has 0 unspecified atom stereocenters. The zero-order valence-corrected chi connectivity index (χ0v) is 22.2. The van der Waals surface area contributed by atoms with Gasteiger partial charge in [0.2, 0.25) is 0 Å². The van der Waals surface area contributed by atoms with Gasteiger partial charge in [-0.3, -0.25) is 0 Å². The second-order valence-electron chi connectivity index (χ2n) is 9.26. The number of oxime groups is 1. The summed E-state index contributed by atoms with van der Waals surface area (Å²) in [7, 11) is 0. The van der Waals surface area contributed by atoms with Crippen LogP contribution < -0.4 is 4.74 Å². The SMILES string of the molecule is Cc1c(CON=C(c2cnc(-c3ccc(OCc4ccccc4)cc3)nc2)C(F)(F)F)cccc1-c1ccccc1. The molecular weight excluding hydrogens is 527 g/mol. The second-order valence-corrected chi connectivity index (χ2v) is 9.26. The van der Waals surface area contributed by atoms with E-state index >= 15 is 0 Å². The highest BCUT2D eigenvalue weighted by Gasteiger charge is 2.38. The maximum Gasteiger partial charge on any atom is 0.437 e. The normalized spacial score (nSPS) is 11.8. The molecule has 5 aromatic rings. The highest BCUT2D eigenvalue weighted by molar-refractivity contribution is 6.03. The van der Waals surface area contributed by atoms with Gasteiger partial charge in [0.1, 0.15) is 19.0 Å². The third-order valence-corrected chi connectivity index (χ3v) is 6.46. The van der Waals surface area contributed by atoms with Gasteiger partial charge < -0.3 is 9.57 Å². The van der Waals surface area contributed by atoms with Crippen LogP contribution in [-0.4, -0.2) is 21.9 Å². The largest absolute Gasteiger partial charge is 0.489 e. The Hall–Kier alpha value is -4.98. The van der Waals surface area contributed by atoms with Crippen LogP contribution >= 0.6 is 0 Å². The van der Waals surface area contributed by atoms with Gasteiger partial charge in [0.25, 0.3) is 0 Å². The monoisotopic (exact) mass is 553 g/mol. The second kappa shape index (κ2) is 12.5. The van der Waals surface area contributed by atoms with Crippen LogP contribution in [0.2, 0.25) is 0 Å². The number of alkyl halides is 3. The topological polar surface area (TPSA) is 56.6 Å². The lowest BCUT2D eigenvalue weighted by molar-refractivity contribution is -0.0618. The standard InChI is InChI=1S/C33H26F3N3O2/c1-23-27(13-8-14-30(23)25-11-6-3-7-12-25)22-41-39-31(33(34,35)36)28-19-37-32(38-20-28)26-15-17-29(18-16-26)40-21-24-9-4-2-5-10-24/h2-20H,21-22H2,1H3. The van der Waals surface area contributed by atoms with E-state index in [4.69, 9.17) is 9.57 Å². The number of hydrogen-bond donors (Lipinski definition) is 0. The minimum atomic E-state index is -4.76. The Bertz CT molecular complexity index is 1600. The molecule has 0 saturated carbocycles. The van der Waals surface area contributed by atoms with Crippen LogP contribution in [0.3, 0.4) is 0 Å². The highest BCUT2D eigenvalue weighted by Crippen LogP contribution is 2.27. The fourth-order valence-electron chi connectivity index (χ4n) is 4.25. The van der Waals surface area contributed by atoms with Crippen LogP contribution in [0.1, 0.15) is 22.3 Å². The third-order valence-electron chi connectivity index (χ3n) is 6.46. The van der Waals surface area contributed by atoms with Gasteiger partial charge in [0.15, 0.2) is 11.5 Å². The Morgan fingerprint density at radius 2 is 1.39 bits per heavy atom. The smallest absolute Gasteiger partial charge is 0.437 e. The van der Waals surface area contributed by atoms with Crippen molar-refractivity contribution < 1.29 is 22.7 Å². The van der Waals surface area contributed by atoms with Crippen molar-refractivity contribution in [3.05, 3.63) is 138 Å². The van der Waals surface area contributed by atoms with Crippen molar-refractivity contribution in [2.45, 2.75) is 26.3 Å². The number of rotatable bonds is 9. The number of nitrogens with zero attached hydrogens (tertiary/aromatic N) is 3. The van der Waals surface area contributed by atoms with E-state index in [2.05, 4.69) is 15.1 Å². The lowest BCUT2D eigenvalue weighted by Gasteiger charge is -2.13. The van der Waals surface area contributed by atoms with Crippen molar-refractivity contribution in [2.75, 3.05) is 0 Å². The summed E-state index contributed by atoms with van der Waals surface area (Å²) in [5.41, 5.74) is 3.82. The van der Waals surface area contributed by atoms with Gasteiger partial charge in [-0.05, 0) is 59.0 Å². The predicted molar refractivity (Wildman–Crippen MR) is 152 cm³/mol. The van der Waals surface area contributed by atoms with Crippen molar-refractivity contribution in [2.24, 2.45) is 5.16 Å². The first-order valence-corrected chi connectivity index (χ1v) is 12.9. The van der Waals surface area contributed by atoms with E-state index in [-0.39, 0.29) is 18.0 Å². The number of hydrogen-bond acceptors (Lipinski definition) is 5. The number of aromatic nitrogens is 2. The molecule has 0 amide bonds. The van der Waals surface area contributed by atoms with Gasteiger partial charge in [-0.1, -0.05) is 84.0 Å². The van der Waals surface area contributed by atoms with Crippen LogP contribution in [0.25, 0.3) is 22.5 Å². The summed E-state index contributed by atoms with van der Waals surface area (Å²) in [4.78, 5) is 13.5. The molecule has 41 heavy (non-hydrogen) atoms. The van der Waals surface area contributed by atoms with Crippen LogP contribution in [0, 0.1) is 6.92 Å². The number of benzene rings is 4. The maximum atomic E-state index is 13.9. The first-order valence-electron chi connectivity index (χ1n) is 12.9. The first kappa shape index (κ1) is 27.6. The molecule has 0 atom stereocenters. The van der Waals surface area contributed by atoms with E-state index in [9.17, 15) is 13.2 Å². The van der Waals surface area contributed by atoms with E-state index < -0.39 is 11.9 Å². The number of halogens is 3. The van der Waals surface area contributed by atoms with Crippen LogP contribution in [-0.2, 0) is 18.1 Å². The molecule has 0 fully saturated rings. The molecule has 8 heteroatoms. The van der Waals surface area contributed by atoms with E-state index in [1.54, 1.807) is 30.3 Å². The van der Waals surface area contributed by atoms with Crippen molar-refractivity contribution in [1.82, 2.24) is 9.97 Å². The van der Waals surface area contributed by atoms with E-state index in [1.165, 1.54) is 0 Å². The summed E-state index contributed by atoms with van der Waals surface area (Å²) in [6.07, 6.45) is -2.57. The summed E-state index contributed by atoms with van der Waals surface area (Å²) in [5.74, 6) is 0.932. The van der Waals surface area contributed by atoms with Crippen molar-refractivity contribution in [1.29, 1.82) is 0 Å². The van der Waals surface area contributed by atoms with Crippen molar-refractivity contribution in [3.8, 4) is 28.3 Å². The summed E-state index contributed by atoms with van der Waals surface area (Å²) < 4.78 is 47.4. The molecule has 0 aliphatic rings. The molecule has 0 radical (unpaired) electrons. The molecule has 206 valence electrons. The lowest BCUT2D eigenvalue weighted by atomic mass is 9.97. The molecule has 5 rings (SSSR count). The van der Waals surface area contributed by atoms with Crippen molar-refractivity contribution in [3.63, 3.8) is 0 Å². The van der Waals surface area contributed by atoms with E-state index in [0.29, 0.717) is 17.9 Å². The van der Waals surface area contributed by atoms with Crippen LogP contribution in [0.5, 0.6) is 5.75 Å². The first-order chi connectivity index (χ1) is 19.9. The molecular formula is C33H26F3N3O2. The highest BCUT2D eigenvalue weighted by atomic mass is 19.4. The molecule has 1 heterocycles. The fraction of sp³-hybridized carbons (Fsp3) is 0.121. The minimum Gasteiger partial charge on any atom is -0.489 e. The Morgan fingerprint density at radius 1 is 0.732 bits per heavy atom. The molecule has 0 aliphatic carbocycles. The quantitative estimate of drug-likeness (QED) is 0.136. The van der Waals surface area contributed by atoms with Crippen LogP contribution in [0.4, 0.5) is 13.2 Å². The van der Waals surface area contributed by atoms with Gasteiger partial charge >= 0.3 is 6.18 Å². The molecule has 4 aromatic carbocycles. The molecule has 0 saturated heterocycles. The van der Waals surface area contributed by atoms with E-state index in [0.717, 1.165) is 40.2 Å². The molecule has 0 N–H and O–H groups in total. The Kier molecular flexibility index (Phi) is 8.39. The lowest BCUT2D eigenvalue weighted by Crippen LogP contribution is -2.25. The molecule has 5 nitrogen and oxygen atoms in total. The summed E-state index contributed by atoms with van der Waals surface area (Å²) in [5, 5.41) is 3.46. The average molecular weight is 554 g/mol. The molecule has 0 bridgehead atoms. The van der Waals surface area contributed by atoms with Crippen molar-refractivity contribution >= 4 is 5.71 Å². The minimum absolute atomic E-state index is 0.121. The van der Waals surface area contributed by atoms with Gasteiger partial charge in [0, 0.05) is 23.5 Å². The fourth-order valence-corrected chi connectivity index (χ4v) is 4.25. The Balaban J connectivity index is 1.27. The van der Waals surface area contributed by atoms with Crippen LogP contribution in [0.15, 0.2) is 121 Å². The van der Waals surface area contributed by atoms with Gasteiger partial charge in [-0.15, -0.1) is 0 Å². The molecule has 0 aliphatic heterocycles. The average Bonchev–Trinajstić information content (AvgIpc) is 3.00. The summed E-state index contributed by atoms with van der Waals surface area (Å²) >= 11 is 0. The maximum absolute atomic E-state index is 13.9. The summed E-state index contributed by atoms with van der Waals surface area (Å²) in [6, 6.07) is 32.1. The predicted octanol–water partition coefficient (Wildman–Crippen LogP) is 8.18. The third kappa shape index (κ3) is 6.97. The Morgan fingerprint density at radius 3 is 2.05 bits per heavy atom. The molecule has 0 spiro atoms. The zero-order chi connectivity index (χ0) is 28.7. The van der Waals surface area contributed by atoms with Gasteiger partial charge in [-0.2, -0.15) is 13.2 Å². The van der Waals surface area contributed by atoms with Gasteiger partial charge in [-0.25, -0.2) is 9.97 Å². The number of ether oxygens (including phenoxy) is 1.